The van der Waals surface area contributed by atoms with E-state index in [0.717, 1.165) is 0 Å². The number of nitrogens with one attached hydrogen (secondary N) is 1. The van der Waals surface area contributed by atoms with Crippen LogP contribution in [0.3, 0.4) is 0 Å². The molecular weight excluding hydrogens is 248 g/mol. The van der Waals surface area contributed by atoms with Crippen LogP contribution in [-0.4, -0.2) is 54.9 Å². The number of ether oxygens (including phenoxy) is 1. The lowest BCUT2D eigenvalue weighted by Gasteiger charge is -2.26. The molecule has 2 amide bonds. The van der Waals surface area contributed by atoms with Crippen molar-refractivity contribution in [3.63, 3.8) is 0 Å². The molecule has 0 unspecified atom stereocenters. The Balaban J connectivity index is 3.99. The molecule has 0 saturated carbocycles. The van der Waals surface area contributed by atoms with E-state index in [-0.39, 0.29) is 19.2 Å². The molecule has 0 aromatic carbocycles. The van der Waals surface area contributed by atoms with E-state index in [9.17, 15) is 9.59 Å². The molecule has 0 heterocycles. The SMILES string of the molecule is CC(C)CN(CC(C)C)C(=O)NCCOCC(=O)O. The zero-order valence-corrected chi connectivity index (χ0v) is 12.3. The smallest absolute Gasteiger partial charge is 0.329 e. The summed E-state index contributed by atoms with van der Waals surface area (Å²) in [6.07, 6.45) is 0. The predicted molar refractivity (Wildman–Crippen MR) is 73.1 cm³/mol. The van der Waals surface area contributed by atoms with Crippen LogP contribution in [0.25, 0.3) is 0 Å². The van der Waals surface area contributed by atoms with Crippen LogP contribution in [-0.2, 0) is 9.53 Å². The highest BCUT2D eigenvalue weighted by Crippen LogP contribution is 2.03. The zero-order valence-electron chi connectivity index (χ0n) is 12.3. The molecule has 0 saturated heterocycles. The maximum atomic E-state index is 12.0. The number of carbonyl (C=O) groups excluding carboxylic acids is 1. The van der Waals surface area contributed by atoms with Gasteiger partial charge in [-0.15, -0.1) is 0 Å². The van der Waals surface area contributed by atoms with Crippen LogP contribution in [0.5, 0.6) is 0 Å². The van der Waals surface area contributed by atoms with Crippen LogP contribution in [0.2, 0.25) is 0 Å². The maximum absolute atomic E-state index is 12.0. The third-order valence-corrected chi connectivity index (χ3v) is 2.21. The number of nitrogens with zero attached hydrogens (tertiary/aromatic N) is 1. The lowest BCUT2D eigenvalue weighted by atomic mass is 10.1. The molecule has 0 atom stereocenters. The molecule has 0 rings (SSSR count). The minimum absolute atomic E-state index is 0.124. The van der Waals surface area contributed by atoms with Crippen molar-refractivity contribution in [3.05, 3.63) is 0 Å². The number of carbonyl (C=O) groups is 2. The van der Waals surface area contributed by atoms with Gasteiger partial charge in [0, 0.05) is 19.6 Å². The molecule has 2 N–H and O–H groups in total. The fraction of sp³-hybridized carbons (Fsp3) is 0.846. The Morgan fingerprint density at radius 3 is 2.11 bits per heavy atom. The Morgan fingerprint density at radius 2 is 1.68 bits per heavy atom. The third-order valence-electron chi connectivity index (χ3n) is 2.21. The zero-order chi connectivity index (χ0) is 14.8. The molecule has 19 heavy (non-hydrogen) atoms. The van der Waals surface area contributed by atoms with E-state index in [2.05, 4.69) is 33.0 Å². The second kappa shape index (κ2) is 9.61. The van der Waals surface area contributed by atoms with Gasteiger partial charge in [0.1, 0.15) is 6.61 Å². The first-order valence-electron chi connectivity index (χ1n) is 6.65. The van der Waals surface area contributed by atoms with Crippen LogP contribution >= 0.6 is 0 Å². The van der Waals surface area contributed by atoms with Crippen molar-refractivity contribution < 1.29 is 19.4 Å². The van der Waals surface area contributed by atoms with Crippen molar-refractivity contribution in [2.75, 3.05) is 32.8 Å². The van der Waals surface area contributed by atoms with Crippen LogP contribution in [0.4, 0.5) is 4.79 Å². The quantitative estimate of drug-likeness (QED) is 0.623. The molecular formula is C13H26N2O4. The van der Waals surface area contributed by atoms with Crippen molar-refractivity contribution in [2.24, 2.45) is 11.8 Å². The number of hydrogen-bond acceptors (Lipinski definition) is 3. The van der Waals surface area contributed by atoms with Gasteiger partial charge in [0.2, 0.25) is 0 Å². The summed E-state index contributed by atoms with van der Waals surface area (Å²) in [6, 6.07) is -0.124. The number of hydrogen-bond donors (Lipinski definition) is 2. The van der Waals surface area contributed by atoms with Gasteiger partial charge in [0.05, 0.1) is 6.61 Å². The highest BCUT2D eigenvalue weighted by atomic mass is 16.5. The van der Waals surface area contributed by atoms with E-state index in [1.54, 1.807) is 4.90 Å². The summed E-state index contributed by atoms with van der Waals surface area (Å²) >= 11 is 0. The van der Waals surface area contributed by atoms with Crippen molar-refractivity contribution in [3.8, 4) is 0 Å². The monoisotopic (exact) mass is 274 g/mol. The predicted octanol–water partition coefficient (Wildman–Crippen LogP) is 1.41. The van der Waals surface area contributed by atoms with Crippen LogP contribution < -0.4 is 5.32 Å². The summed E-state index contributed by atoms with van der Waals surface area (Å²) in [7, 11) is 0. The summed E-state index contributed by atoms with van der Waals surface area (Å²) in [5.74, 6) is -0.187. The van der Waals surface area contributed by atoms with Gasteiger partial charge in [-0.05, 0) is 11.8 Å². The molecule has 0 radical (unpaired) electrons. The first-order chi connectivity index (χ1) is 8.82. The number of rotatable bonds is 9. The van der Waals surface area contributed by atoms with Gasteiger partial charge in [-0.1, -0.05) is 27.7 Å². The normalized spacial score (nSPS) is 10.8. The topological polar surface area (TPSA) is 78.9 Å². The summed E-state index contributed by atoms with van der Waals surface area (Å²) in [5, 5.41) is 11.1. The van der Waals surface area contributed by atoms with Gasteiger partial charge in [-0.2, -0.15) is 0 Å². The minimum atomic E-state index is -1.01. The molecule has 0 spiro atoms. The average Bonchev–Trinajstić information content (AvgIpc) is 2.25. The first-order valence-corrected chi connectivity index (χ1v) is 6.65. The number of amides is 2. The van der Waals surface area contributed by atoms with Gasteiger partial charge in [0.15, 0.2) is 0 Å². The lowest BCUT2D eigenvalue weighted by molar-refractivity contribution is -0.142. The maximum Gasteiger partial charge on any atom is 0.329 e. The number of carboxylic acid groups (broad SMARTS) is 1. The van der Waals surface area contributed by atoms with Crippen molar-refractivity contribution in [1.82, 2.24) is 10.2 Å². The molecule has 0 aliphatic rings. The molecule has 0 aromatic rings. The summed E-state index contributed by atoms with van der Waals surface area (Å²) in [6.45, 7) is 9.87. The number of aliphatic carboxylic acids is 1. The van der Waals surface area contributed by atoms with Gasteiger partial charge in [-0.25, -0.2) is 9.59 Å². The number of urea groups is 1. The molecule has 0 aromatic heterocycles. The van der Waals surface area contributed by atoms with Crippen molar-refractivity contribution in [1.29, 1.82) is 0 Å². The van der Waals surface area contributed by atoms with Crippen molar-refractivity contribution >= 4 is 12.0 Å². The van der Waals surface area contributed by atoms with E-state index >= 15 is 0 Å². The Labute approximate surface area is 115 Å². The van der Waals surface area contributed by atoms with E-state index in [4.69, 9.17) is 9.84 Å². The third kappa shape index (κ3) is 10.3. The van der Waals surface area contributed by atoms with Gasteiger partial charge >= 0.3 is 12.0 Å². The molecule has 0 aliphatic carbocycles. The largest absolute Gasteiger partial charge is 0.480 e. The fourth-order valence-electron chi connectivity index (χ4n) is 1.62. The number of carboxylic acids is 1. The van der Waals surface area contributed by atoms with Crippen LogP contribution in [0, 0.1) is 11.8 Å². The Kier molecular flexibility index (Phi) is 8.95. The fourth-order valence-corrected chi connectivity index (χ4v) is 1.62. The lowest BCUT2D eigenvalue weighted by Crippen LogP contribution is -2.44. The molecule has 6 heteroatoms. The van der Waals surface area contributed by atoms with E-state index < -0.39 is 5.97 Å². The Hall–Kier alpha value is -1.30. The molecule has 0 fully saturated rings. The van der Waals surface area contributed by atoms with Gasteiger partial charge in [-0.3, -0.25) is 0 Å². The molecule has 112 valence electrons. The van der Waals surface area contributed by atoms with Crippen molar-refractivity contribution in [2.45, 2.75) is 27.7 Å². The van der Waals surface area contributed by atoms with E-state index in [1.165, 1.54) is 0 Å². The standard InChI is InChI=1S/C13H26N2O4/c1-10(2)7-15(8-11(3)4)13(18)14-5-6-19-9-12(16)17/h10-11H,5-9H2,1-4H3,(H,14,18)(H,16,17). The molecule has 0 aliphatic heterocycles. The van der Waals surface area contributed by atoms with Gasteiger partial charge in [0.25, 0.3) is 0 Å². The average molecular weight is 274 g/mol. The van der Waals surface area contributed by atoms with Gasteiger partial charge < -0.3 is 20.1 Å². The van der Waals surface area contributed by atoms with E-state index in [0.29, 0.717) is 31.5 Å². The Morgan fingerprint density at radius 1 is 1.16 bits per heavy atom. The Bertz CT molecular complexity index is 270. The second-order valence-corrected chi connectivity index (χ2v) is 5.37. The summed E-state index contributed by atoms with van der Waals surface area (Å²) < 4.78 is 4.85. The van der Waals surface area contributed by atoms with Crippen LogP contribution in [0.1, 0.15) is 27.7 Å². The summed E-state index contributed by atoms with van der Waals surface area (Å²) in [4.78, 5) is 24.0. The van der Waals surface area contributed by atoms with Crippen LogP contribution in [0.15, 0.2) is 0 Å². The minimum Gasteiger partial charge on any atom is -0.480 e. The highest BCUT2D eigenvalue weighted by molar-refractivity contribution is 5.74. The van der Waals surface area contributed by atoms with E-state index in [1.807, 2.05) is 0 Å². The first kappa shape index (κ1) is 17.7. The summed E-state index contributed by atoms with van der Waals surface area (Å²) in [5.41, 5.74) is 0. The highest BCUT2D eigenvalue weighted by Gasteiger charge is 2.15. The second-order valence-electron chi connectivity index (χ2n) is 5.37. The molecule has 6 nitrogen and oxygen atoms in total. The molecule has 0 bridgehead atoms.